The zero-order chi connectivity index (χ0) is 111. The molecule has 0 fully saturated rings. The molecule has 0 aromatic heterocycles. The average molecular weight is 2030 g/mol. The molecule has 19 nitrogen and oxygen atoms in total. The van der Waals surface area contributed by atoms with Crippen molar-refractivity contribution in [3.05, 3.63) is 0 Å². The van der Waals surface area contributed by atoms with E-state index >= 15 is 0 Å². The van der Waals surface area contributed by atoms with Crippen LogP contribution >= 0.6 is 0 Å². The fourth-order valence-corrected chi connectivity index (χ4v) is 9.98. The summed E-state index contributed by atoms with van der Waals surface area (Å²) in [7, 11) is 0. The number of esters is 1. The number of ketones is 5. The van der Waals surface area contributed by atoms with Crippen LogP contribution in [0.5, 0.6) is 0 Å². The quantitative estimate of drug-likeness (QED) is 0.0314. The van der Waals surface area contributed by atoms with E-state index in [4.69, 9.17) is 61.6 Å². The predicted octanol–water partition coefficient (Wildman–Crippen LogP) is 32.1. The van der Waals surface area contributed by atoms with Crippen LogP contribution in [0, 0.1) is 110 Å². The van der Waals surface area contributed by atoms with Gasteiger partial charge in [-0.2, -0.15) is 0 Å². The van der Waals surface area contributed by atoms with E-state index in [-0.39, 0.29) is 120 Å². The highest BCUT2D eigenvalue weighted by Gasteiger charge is 2.28. The summed E-state index contributed by atoms with van der Waals surface area (Å²) >= 11 is 0. The first-order chi connectivity index (χ1) is 63.0. The van der Waals surface area contributed by atoms with Crippen LogP contribution in [0.4, 0.5) is 0 Å². The topological polar surface area (TPSA) is 222 Å². The number of ether oxygens (including phenoxy) is 13. The monoisotopic (exact) mass is 2030 g/mol. The van der Waals surface area contributed by atoms with Crippen LogP contribution in [0.3, 0.4) is 0 Å². The van der Waals surface area contributed by atoms with Crippen molar-refractivity contribution in [3.63, 3.8) is 0 Å². The summed E-state index contributed by atoms with van der Waals surface area (Å²) in [5.74, 6) is 12.2. The van der Waals surface area contributed by atoms with Crippen LogP contribution in [0.1, 0.15) is 489 Å². The second kappa shape index (κ2) is 82.2. The minimum absolute atomic E-state index is 0. The molecule has 0 aliphatic rings. The summed E-state index contributed by atoms with van der Waals surface area (Å²) in [5, 5.41) is 0. The second-order valence-electron chi connectivity index (χ2n) is 56.3. The normalized spacial score (nSPS) is 12.9. The van der Waals surface area contributed by atoms with Crippen LogP contribution < -0.4 is 0 Å². The van der Waals surface area contributed by atoms with Crippen LogP contribution in [0.25, 0.3) is 0 Å². The molecule has 0 aromatic rings. The summed E-state index contributed by atoms with van der Waals surface area (Å²) in [6.45, 7) is 119. The third-order valence-electron chi connectivity index (χ3n) is 21.1. The molecular formula is C123H246O19. The van der Waals surface area contributed by atoms with E-state index in [1.165, 1.54) is 38.5 Å². The van der Waals surface area contributed by atoms with Gasteiger partial charge in [-0.05, 0) is 178 Å². The number of hydrogen-bond acceptors (Lipinski definition) is 19. The van der Waals surface area contributed by atoms with Crippen molar-refractivity contribution < 1.29 is 90.3 Å². The van der Waals surface area contributed by atoms with Crippen molar-refractivity contribution >= 4 is 34.9 Å². The number of unbranched alkanes of at least 4 members (excludes halogenated alkanes) is 5. The molecule has 0 N–H and O–H groups in total. The smallest absolute Gasteiger partial charge is 0.311 e. The Morgan fingerprint density at radius 2 is 0.430 bits per heavy atom. The molecule has 0 spiro atoms. The molecule has 2 atom stereocenters. The van der Waals surface area contributed by atoms with E-state index in [9.17, 15) is 28.8 Å². The van der Waals surface area contributed by atoms with Crippen LogP contribution in [-0.4, -0.2) is 199 Å². The molecule has 142 heavy (non-hydrogen) atoms. The Morgan fingerprint density at radius 3 is 0.711 bits per heavy atom. The van der Waals surface area contributed by atoms with Gasteiger partial charge >= 0.3 is 5.97 Å². The van der Waals surface area contributed by atoms with E-state index in [2.05, 4.69) is 245 Å². The molecule has 0 aliphatic carbocycles. The number of carbonyl (C=O) groups is 6. The largest absolute Gasteiger partial charge is 0.465 e. The first-order valence-electron chi connectivity index (χ1n) is 53.8. The highest BCUT2D eigenvalue weighted by Crippen LogP contribution is 2.29. The lowest BCUT2D eigenvalue weighted by molar-refractivity contribution is -0.153. The Morgan fingerprint density at radius 1 is 0.204 bits per heavy atom. The van der Waals surface area contributed by atoms with Gasteiger partial charge < -0.3 is 61.6 Å². The Bertz CT molecular complexity index is 2980. The van der Waals surface area contributed by atoms with Crippen LogP contribution in [-0.2, 0) is 90.3 Å². The lowest BCUT2D eigenvalue weighted by atomic mass is 9.89. The Balaban J connectivity index is -0.000000175. The second-order valence-corrected chi connectivity index (χ2v) is 56.3. The van der Waals surface area contributed by atoms with Crippen molar-refractivity contribution in [2.75, 3.05) is 152 Å². The summed E-state index contributed by atoms with van der Waals surface area (Å²) < 4.78 is 70.9. The van der Waals surface area contributed by atoms with E-state index in [1.54, 1.807) is 0 Å². The molecule has 0 saturated carbocycles. The van der Waals surface area contributed by atoms with Crippen molar-refractivity contribution in [3.8, 4) is 23.7 Å². The third kappa shape index (κ3) is 141. The fraction of sp³-hybridized carbons (Fsp3) is 0.919. The molecule has 0 aliphatic heterocycles. The molecule has 852 valence electrons. The molecular weight excluding hydrogens is 1780 g/mol. The maximum atomic E-state index is 11.6. The zero-order valence-corrected chi connectivity index (χ0v) is 102. The first kappa shape index (κ1) is 159. The Hall–Kier alpha value is -3.54. The molecule has 0 aromatic carbocycles. The summed E-state index contributed by atoms with van der Waals surface area (Å²) in [5.41, 5.74) is 1.71. The molecule has 0 amide bonds. The number of rotatable bonds is 54. The van der Waals surface area contributed by atoms with Gasteiger partial charge in [-0.25, -0.2) is 0 Å². The standard InChI is InChI=1S/C17H26O2.C16H34O2.C16H32O2.2C15H30O3.C14H28O3.C14H30O2.C14H28O2.2CH4/c1-16(2,3)12-9-7-8-10-13-19-14-11-15(18)17(4,5)6;1-13(17-11-9-15(3,4)5)14(2)18-12-10-16(6,7)8;1-15(2,3)11-9-7-8-10-12-18-13-14(17)16(4,5)6;1-14(2,3)8-10-18-12-11-17-9-7-13(16)15(4,5)6;1-14(2,3)8-7-9-17-10-11-18-12-13(16)15(4,5)6;1-13(2,3)7-8-16-9-10-17-11-12(15)14(4,5)6;1-13(2,3)7-9-15-11-12-16-10-8-14(4,5)6;1-13(2,3)10-8-7-9-11-16-12(15)14(4,5)6;;/h11-14H2,1-6H3;13-14H,9-12H2,1-8H3;7-13H2,1-6H3;2*7-12H2,1-6H3;7-11H2,1-6H3;7-12H2,1-6H3;7-11H2,1-6H3;2*1H4/t;13-,14-;;;;;;;;/m.0......../s1. The minimum Gasteiger partial charge on any atom is -0.465 e. The lowest BCUT2D eigenvalue weighted by Crippen LogP contribution is -2.28. The predicted molar refractivity (Wildman–Crippen MR) is 608 cm³/mol. The highest BCUT2D eigenvalue weighted by molar-refractivity contribution is 5.86. The Labute approximate surface area is 884 Å². The molecule has 0 heterocycles. The van der Waals surface area contributed by atoms with E-state index in [0.717, 1.165) is 143 Å². The maximum absolute atomic E-state index is 11.6. The minimum atomic E-state index is -0.370. The maximum Gasteiger partial charge on any atom is 0.311 e. The molecule has 0 radical (unpaired) electrons. The van der Waals surface area contributed by atoms with Crippen molar-refractivity contribution in [2.45, 2.75) is 502 Å². The first-order valence-corrected chi connectivity index (χ1v) is 53.8. The molecule has 0 saturated heterocycles. The van der Waals surface area contributed by atoms with Gasteiger partial charge in [-0.15, -0.1) is 0 Å². The van der Waals surface area contributed by atoms with Crippen molar-refractivity contribution in [1.29, 1.82) is 0 Å². The van der Waals surface area contributed by atoms with Gasteiger partial charge in [0.1, 0.15) is 38.0 Å². The summed E-state index contributed by atoms with van der Waals surface area (Å²) in [6.07, 6.45) is 21.6. The molecule has 0 bridgehead atoms. The molecule has 0 unspecified atom stereocenters. The zero-order valence-electron chi connectivity index (χ0n) is 102. The van der Waals surface area contributed by atoms with Crippen LogP contribution in [0.15, 0.2) is 0 Å². The van der Waals surface area contributed by atoms with Crippen LogP contribution in [0.2, 0.25) is 0 Å². The van der Waals surface area contributed by atoms with Gasteiger partial charge in [0.2, 0.25) is 0 Å². The number of Topliss-reactive ketones (excluding diaryl/α,β-unsaturated/α-hetero) is 5. The van der Waals surface area contributed by atoms with Gasteiger partial charge in [-0.1, -0.05) is 370 Å². The van der Waals surface area contributed by atoms with E-state index in [1.807, 2.05) is 125 Å². The highest BCUT2D eigenvalue weighted by atomic mass is 16.6. The summed E-state index contributed by atoms with van der Waals surface area (Å²) in [6, 6.07) is 0. The van der Waals surface area contributed by atoms with E-state index < -0.39 is 0 Å². The van der Waals surface area contributed by atoms with Gasteiger partial charge in [0.15, 0.2) is 17.3 Å². The number of hydrogen-bond donors (Lipinski definition) is 0. The van der Waals surface area contributed by atoms with Crippen molar-refractivity contribution in [2.24, 2.45) is 86.6 Å². The van der Waals surface area contributed by atoms with Crippen molar-refractivity contribution in [1.82, 2.24) is 0 Å². The Kier molecular flexibility index (Phi) is 91.8. The SMILES string of the molecule is C.C.CC(C)(C)CC#CC#CCOCCC(=O)C(C)(C)C.CC(C)(C)CCCCCCOCC(=O)C(C)(C)C.CC(C)(C)CCCCCOC(=O)C(C)(C)C.CC(C)(C)CCCOCCOCC(=O)C(C)(C)C.CC(C)(C)CCOCCOCC(=O)C(C)(C)C.CC(C)(C)CCOCCOCCC(=O)C(C)(C)C.CC(C)(C)CCOCCOCCC(C)(C)C.C[C@H](OCCC(C)(C)C)[C@H](C)OCCC(C)(C)C. The van der Waals surface area contributed by atoms with Gasteiger partial charge in [-0.3, -0.25) is 28.8 Å². The fourth-order valence-electron chi connectivity index (χ4n) is 9.98. The lowest BCUT2D eigenvalue weighted by Gasteiger charge is -2.25. The molecule has 19 heteroatoms. The van der Waals surface area contributed by atoms with Gasteiger partial charge in [0.05, 0.1) is 90.3 Å². The van der Waals surface area contributed by atoms with Gasteiger partial charge in [0, 0.05) is 99.2 Å². The molecule has 0 rings (SSSR count). The summed E-state index contributed by atoms with van der Waals surface area (Å²) in [4.78, 5) is 69.3. The number of carbonyl (C=O) groups excluding carboxylic acids is 6. The van der Waals surface area contributed by atoms with Gasteiger partial charge in [0.25, 0.3) is 0 Å². The third-order valence-corrected chi connectivity index (χ3v) is 21.1. The van der Waals surface area contributed by atoms with E-state index in [0.29, 0.717) is 128 Å². The average Bonchev–Trinajstić information content (AvgIpc) is 0.929.